The van der Waals surface area contributed by atoms with Crippen molar-refractivity contribution in [3.05, 3.63) is 70.6 Å². The summed E-state index contributed by atoms with van der Waals surface area (Å²) in [6.07, 6.45) is 0. The van der Waals surface area contributed by atoms with E-state index in [1.54, 1.807) is 13.0 Å². The van der Waals surface area contributed by atoms with Crippen LogP contribution >= 0.6 is 0 Å². The number of hydrogen-bond donors (Lipinski definition) is 1. The molecule has 0 aliphatic carbocycles. The van der Waals surface area contributed by atoms with Gasteiger partial charge in [-0.2, -0.15) is 5.10 Å². The van der Waals surface area contributed by atoms with E-state index in [9.17, 15) is 9.59 Å². The molecule has 0 bridgehead atoms. The molecule has 1 heterocycles. The summed E-state index contributed by atoms with van der Waals surface area (Å²) in [5.41, 5.74) is 1.13. The third-order valence-electron chi connectivity index (χ3n) is 3.36. The fourth-order valence-electron chi connectivity index (χ4n) is 2.32. The van der Waals surface area contributed by atoms with Crippen LogP contribution in [0.4, 0.5) is 5.69 Å². The molecular formula is C17H15N3O2. The van der Waals surface area contributed by atoms with Gasteiger partial charge in [0, 0.05) is 17.1 Å². The topological polar surface area (TPSA) is 64.0 Å². The van der Waals surface area contributed by atoms with Gasteiger partial charge in [-0.3, -0.25) is 9.59 Å². The number of fused-ring (bicyclic) bond motifs is 1. The number of nitrogens with zero attached hydrogens (tertiary/aromatic N) is 2. The Kier molecular flexibility index (Phi) is 3.70. The first-order chi connectivity index (χ1) is 10.6. The summed E-state index contributed by atoms with van der Waals surface area (Å²) in [5, 5.41) is 8.91. The Hall–Kier alpha value is -2.95. The van der Waals surface area contributed by atoms with Crippen LogP contribution in [0.1, 0.15) is 5.69 Å². The Morgan fingerprint density at radius 3 is 2.73 bits per heavy atom. The number of aromatic nitrogens is 2. The lowest BCUT2D eigenvalue weighted by Gasteiger charge is -2.09. The normalized spacial score (nSPS) is 10.6. The number of carbonyl (C=O) groups excluding carboxylic acids is 1. The summed E-state index contributed by atoms with van der Waals surface area (Å²) >= 11 is 0. The lowest BCUT2D eigenvalue weighted by Crippen LogP contribution is -2.29. The van der Waals surface area contributed by atoms with Gasteiger partial charge in [0.1, 0.15) is 6.54 Å². The highest BCUT2D eigenvalue weighted by atomic mass is 16.2. The van der Waals surface area contributed by atoms with Crippen molar-refractivity contribution in [2.45, 2.75) is 13.5 Å². The molecule has 0 aliphatic rings. The molecule has 1 amide bonds. The second-order valence-electron chi connectivity index (χ2n) is 5.05. The van der Waals surface area contributed by atoms with Crippen LogP contribution in [0.5, 0.6) is 0 Å². The van der Waals surface area contributed by atoms with Gasteiger partial charge in [0.05, 0.1) is 5.69 Å². The molecule has 1 aromatic heterocycles. The van der Waals surface area contributed by atoms with E-state index in [1.807, 2.05) is 42.5 Å². The van der Waals surface area contributed by atoms with Crippen LogP contribution in [0.15, 0.2) is 59.4 Å². The number of anilines is 1. The van der Waals surface area contributed by atoms with Crippen LogP contribution < -0.4 is 10.9 Å². The van der Waals surface area contributed by atoms with E-state index in [1.165, 1.54) is 6.07 Å². The molecule has 110 valence electrons. The van der Waals surface area contributed by atoms with Crippen molar-refractivity contribution in [1.29, 1.82) is 0 Å². The van der Waals surface area contributed by atoms with Gasteiger partial charge in [-0.25, -0.2) is 4.68 Å². The summed E-state index contributed by atoms with van der Waals surface area (Å²) in [6.45, 7) is 1.67. The molecule has 0 fully saturated rings. The maximum absolute atomic E-state index is 12.2. The van der Waals surface area contributed by atoms with Gasteiger partial charge in [0.15, 0.2) is 0 Å². The summed E-state index contributed by atoms with van der Waals surface area (Å²) in [5.74, 6) is -0.281. The first kappa shape index (κ1) is 14.0. The van der Waals surface area contributed by atoms with Gasteiger partial charge in [0.2, 0.25) is 5.91 Å². The molecule has 0 unspecified atom stereocenters. The number of aryl methyl sites for hydroxylation is 1. The fraction of sp³-hybridized carbons (Fsp3) is 0.118. The maximum Gasteiger partial charge on any atom is 0.267 e. The molecular weight excluding hydrogens is 278 g/mol. The number of nitrogens with one attached hydrogen (secondary N) is 1. The third-order valence-corrected chi connectivity index (χ3v) is 3.36. The van der Waals surface area contributed by atoms with Crippen molar-refractivity contribution in [3.8, 4) is 0 Å². The zero-order valence-electron chi connectivity index (χ0n) is 12.1. The van der Waals surface area contributed by atoms with E-state index in [0.29, 0.717) is 5.69 Å². The van der Waals surface area contributed by atoms with E-state index >= 15 is 0 Å². The van der Waals surface area contributed by atoms with E-state index < -0.39 is 0 Å². The van der Waals surface area contributed by atoms with Gasteiger partial charge < -0.3 is 5.32 Å². The molecule has 5 heteroatoms. The first-order valence-electron chi connectivity index (χ1n) is 6.96. The average Bonchev–Trinajstić information content (AvgIpc) is 2.51. The predicted octanol–water partition coefficient (Wildman–Crippen LogP) is 2.34. The SMILES string of the molecule is Cc1ccc(=O)n(CC(=O)Nc2cccc3ccccc23)n1. The Balaban J connectivity index is 1.84. The minimum Gasteiger partial charge on any atom is -0.324 e. The van der Waals surface area contributed by atoms with Gasteiger partial charge in [-0.15, -0.1) is 0 Å². The zero-order valence-corrected chi connectivity index (χ0v) is 12.1. The van der Waals surface area contributed by atoms with Gasteiger partial charge in [-0.1, -0.05) is 36.4 Å². The minimum atomic E-state index is -0.293. The first-order valence-corrected chi connectivity index (χ1v) is 6.96. The average molecular weight is 293 g/mol. The monoisotopic (exact) mass is 293 g/mol. The summed E-state index contributed by atoms with van der Waals surface area (Å²) in [6, 6.07) is 16.5. The summed E-state index contributed by atoms with van der Waals surface area (Å²) in [4.78, 5) is 23.9. The standard InChI is InChI=1S/C17H15N3O2/c1-12-9-10-17(22)20(19-12)11-16(21)18-15-8-4-6-13-5-2-3-7-14(13)15/h2-10H,11H2,1H3,(H,18,21). The maximum atomic E-state index is 12.2. The van der Waals surface area contributed by atoms with Gasteiger partial charge >= 0.3 is 0 Å². The third kappa shape index (κ3) is 2.88. The second-order valence-corrected chi connectivity index (χ2v) is 5.05. The second kappa shape index (κ2) is 5.81. The number of carbonyl (C=O) groups is 1. The van der Waals surface area contributed by atoms with Crippen molar-refractivity contribution in [1.82, 2.24) is 9.78 Å². The molecule has 3 rings (SSSR count). The highest BCUT2D eigenvalue weighted by molar-refractivity contribution is 6.01. The Morgan fingerprint density at radius 2 is 1.86 bits per heavy atom. The van der Waals surface area contributed by atoms with E-state index in [-0.39, 0.29) is 18.0 Å². The Bertz CT molecular complexity index is 894. The van der Waals surface area contributed by atoms with Crippen LogP contribution in [0, 0.1) is 6.92 Å². The molecule has 0 aliphatic heterocycles. The largest absolute Gasteiger partial charge is 0.324 e. The molecule has 1 N–H and O–H groups in total. The highest BCUT2D eigenvalue weighted by Gasteiger charge is 2.08. The smallest absolute Gasteiger partial charge is 0.267 e. The Labute approximate surface area is 127 Å². The molecule has 0 saturated carbocycles. The lowest BCUT2D eigenvalue weighted by atomic mass is 10.1. The minimum absolute atomic E-state index is 0.107. The molecule has 0 spiro atoms. The van der Waals surface area contributed by atoms with E-state index in [4.69, 9.17) is 0 Å². The number of amides is 1. The zero-order chi connectivity index (χ0) is 15.5. The van der Waals surface area contributed by atoms with Gasteiger partial charge in [0.25, 0.3) is 5.56 Å². The number of benzene rings is 2. The molecule has 3 aromatic rings. The van der Waals surface area contributed by atoms with Crippen LogP contribution in [0.25, 0.3) is 10.8 Å². The van der Waals surface area contributed by atoms with Crippen LogP contribution in [-0.2, 0) is 11.3 Å². The number of hydrogen-bond acceptors (Lipinski definition) is 3. The Morgan fingerprint density at radius 1 is 1.09 bits per heavy atom. The van der Waals surface area contributed by atoms with Crippen LogP contribution in [0.2, 0.25) is 0 Å². The summed E-state index contributed by atoms with van der Waals surface area (Å²) < 4.78 is 1.16. The van der Waals surface area contributed by atoms with Crippen molar-refractivity contribution in [2.75, 3.05) is 5.32 Å². The van der Waals surface area contributed by atoms with Crippen molar-refractivity contribution >= 4 is 22.4 Å². The lowest BCUT2D eigenvalue weighted by molar-refractivity contribution is -0.117. The predicted molar refractivity (Wildman–Crippen MR) is 85.8 cm³/mol. The molecule has 2 aromatic carbocycles. The van der Waals surface area contributed by atoms with Crippen LogP contribution in [-0.4, -0.2) is 15.7 Å². The van der Waals surface area contributed by atoms with Crippen molar-refractivity contribution in [3.63, 3.8) is 0 Å². The molecule has 0 saturated heterocycles. The summed E-state index contributed by atoms with van der Waals surface area (Å²) in [7, 11) is 0. The quantitative estimate of drug-likeness (QED) is 0.806. The molecule has 5 nitrogen and oxygen atoms in total. The van der Waals surface area contributed by atoms with Crippen molar-refractivity contribution in [2.24, 2.45) is 0 Å². The van der Waals surface area contributed by atoms with E-state index in [0.717, 1.165) is 21.1 Å². The van der Waals surface area contributed by atoms with Crippen molar-refractivity contribution < 1.29 is 4.79 Å². The van der Waals surface area contributed by atoms with E-state index in [2.05, 4.69) is 10.4 Å². The fourth-order valence-corrected chi connectivity index (χ4v) is 2.32. The van der Waals surface area contributed by atoms with Gasteiger partial charge in [-0.05, 0) is 24.4 Å². The van der Waals surface area contributed by atoms with Crippen LogP contribution in [0.3, 0.4) is 0 Å². The molecule has 22 heavy (non-hydrogen) atoms. The number of rotatable bonds is 3. The molecule has 0 radical (unpaired) electrons. The molecule has 0 atom stereocenters. The highest BCUT2D eigenvalue weighted by Crippen LogP contribution is 2.22.